The van der Waals surface area contributed by atoms with Gasteiger partial charge in [0.1, 0.15) is 17.9 Å². The predicted molar refractivity (Wildman–Crippen MR) is 72.9 cm³/mol. The highest BCUT2D eigenvalue weighted by molar-refractivity contribution is 5.79. The third kappa shape index (κ3) is 1.34. The van der Waals surface area contributed by atoms with E-state index in [2.05, 4.69) is 34.6 Å². The van der Waals surface area contributed by atoms with Crippen LogP contribution in [-0.2, 0) is 0 Å². The number of aliphatic imine (C=N–C) groups is 1. The number of aromatic nitrogens is 1. The molecule has 4 atom stereocenters. The predicted octanol–water partition coefficient (Wildman–Crippen LogP) is 3.09. The van der Waals surface area contributed by atoms with Crippen LogP contribution < -0.4 is 4.48 Å². The van der Waals surface area contributed by atoms with E-state index >= 15 is 0 Å². The van der Waals surface area contributed by atoms with Crippen molar-refractivity contribution in [1.29, 1.82) is 0 Å². The number of fused-ring (bicyclic) bond motifs is 2. The molecule has 4 rings (SSSR count). The van der Waals surface area contributed by atoms with Crippen LogP contribution in [0.1, 0.15) is 25.7 Å². The Kier molecular flexibility index (Phi) is 2.18. The molecule has 3 aliphatic rings. The van der Waals surface area contributed by atoms with Crippen molar-refractivity contribution in [2.45, 2.75) is 31.7 Å². The van der Waals surface area contributed by atoms with Gasteiger partial charge in [-0.05, 0) is 25.2 Å². The Morgan fingerprint density at radius 1 is 1.11 bits per heavy atom. The molecule has 3 heteroatoms. The number of nitrogens with zero attached hydrogens (tertiary/aromatic N) is 3. The second-order valence-electron chi connectivity index (χ2n) is 5.84. The third-order valence-corrected chi connectivity index (χ3v) is 5.02. The van der Waals surface area contributed by atoms with Gasteiger partial charge >= 0.3 is 0 Å². The fourth-order valence-electron chi connectivity index (χ4n) is 4.21. The number of quaternary nitrogens is 1. The highest BCUT2D eigenvalue weighted by Crippen LogP contribution is 2.50. The van der Waals surface area contributed by atoms with Crippen LogP contribution in [0.4, 0.5) is 5.69 Å². The van der Waals surface area contributed by atoms with Crippen molar-refractivity contribution in [3.63, 3.8) is 0 Å². The van der Waals surface area contributed by atoms with Gasteiger partial charge in [-0.25, -0.2) is 9.48 Å². The first kappa shape index (κ1) is 10.4. The van der Waals surface area contributed by atoms with Gasteiger partial charge in [0.15, 0.2) is 6.34 Å². The summed E-state index contributed by atoms with van der Waals surface area (Å²) in [7, 11) is 0. The van der Waals surface area contributed by atoms with Gasteiger partial charge in [-0.15, -0.1) is 0 Å². The first-order chi connectivity index (χ1) is 8.88. The molecule has 3 unspecified atom stereocenters. The zero-order valence-corrected chi connectivity index (χ0v) is 10.4. The summed E-state index contributed by atoms with van der Waals surface area (Å²) in [5.74, 6) is 1.83. The van der Waals surface area contributed by atoms with E-state index < -0.39 is 0 Å². The zero-order chi connectivity index (χ0) is 12.0. The summed E-state index contributed by atoms with van der Waals surface area (Å²) in [6.07, 6.45) is 15.7. The maximum absolute atomic E-state index is 4.39. The molecule has 0 radical (unpaired) electrons. The van der Waals surface area contributed by atoms with Gasteiger partial charge in [-0.2, -0.15) is 0 Å². The molecule has 1 aromatic heterocycles. The van der Waals surface area contributed by atoms with Crippen LogP contribution in [-0.4, -0.2) is 17.4 Å². The standard InChI is InChI=1S/C15H18N3/c1-2-13-9-12(1)10-15(13)18(8-7-17-11-18)14-3-5-16-6-4-14/h3-8,11-13,15H,1-2,9-10H2/q+1/t12?,13?,15-,18?/m1/s1. The largest absolute Gasteiger partial charge is 0.264 e. The SMILES string of the molecule is C1=C[N+](c2ccncc2)([C@@H]2CC3CCC2C3)C=N1. The molecule has 0 amide bonds. The lowest BCUT2D eigenvalue weighted by Gasteiger charge is -2.37. The normalized spacial score (nSPS) is 40.8. The average Bonchev–Trinajstić information content (AvgIpc) is 3.16. The van der Waals surface area contributed by atoms with Gasteiger partial charge < -0.3 is 0 Å². The van der Waals surface area contributed by atoms with Crippen LogP contribution >= 0.6 is 0 Å². The maximum atomic E-state index is 4.39. The number of pyridine rings is 1. The zero-order valence-electron chi connectivity index (χ0n) is 10.4. The summed E-state index contributed by atoms with van der Waals surface area (Å²) < 4.78 is 0.823. The van der Waals surface area contributed by atoms with Crippen molar-refractivity contribution < 1.29 is 0 Å². The molecule has 1 aliphatic heterocycles. The van der Waals surface area contributed by atoms with Crippen molar-refractivity contribution in [2.24, 2.45) is 16.8 Å². The fraction of sp³-hybridized carbons (Fsp3) is 0.467. The van der Waals surface area contributed by atoms with Crippen LogP contribution in [0, 0.1) is 11.8 Å². The first-order valence-corrected chi connectivity index (χ1v) is 6.89. The molecular weight excluding hydrogens is 222 g/mol. The average molecular weight is 240 g/mol. The van der Waals surface area contributed by atoms with E-state index in [1.54, 1.807) is 0 Å². The van der Waals surface area contributed by atoms with E-state index in [-0.39, 0.29) is 0 Å². The van der Waals surface area contributed by atoms with Crippen molar-refractivity contribution in [2.75, 3.05) is 0 Å². The molecule has 0 saturated heterocycles. The minimum atomic E-state index is 0.689. The molecule has 2 bridgehead atoms. The molecule has 1 aromatic rings. The van der Waals surface area contributed by atoms with Crippen molar-refractivity contribution >= 4 is 12.0 Å². The fourth-order valence-corrected chi connectivity index (χ4v) is 4.21. The molecule has 3 nitrogen and oxygen atoms in total. The Morgan fingerprint density at radius 3 is 2.61 bits per heavy atom. The summed E-state index contributed by atoms with van der Waals surface area (Å²) in [4.78, 5) is 8.53. The Hall–Kier alpha value is -1.48. The Bertz CT molecular complexity index is 494. The molecule has 2 saturated carbocycles. The highest BCUT2D eigenvalue weighted by Gasteiger charge is 2.51. The molecule has 2 aliphatic carbocycles. The maximum Gasteiger partial charge on any atom is 0.200 e. The molecule has 0 aromatic carbocycles. The Balaban J connectivity index is 1.78. The van der Waals surface area contributed by atoms with Gasteiger partial charge in [-0.1, -0.05) is 0 Å². The summed E-state index contributed by atoms with van der Waals surface area (Å²) in [6.45, 7) is 0. The number of rotatable bonds is 2. The van der Waals surface area contributed by atoms with Gasteiger partial charge in [0, 0.05) is 36.9 Å². The first-order valence-electron chi connectivity index (χ1n) is 6.89. The second kappa shape index (κ2) is 3.75. The topological polar surface area (TPSA) is 25.2 Å². The van der Waals surface area contributed by atoms with Crippen LogP contribution in [0.5, 0.6) is 0 Å². The minimum Gasteiger partial charge on any atom is -0.264 e. The molecule has 92 valence electrons. The van der Waals surface area contributed by atoms with E-state index in [0.29, 0.717) is 6.04 Å². The van der Waals surface area contributed by atoms with Gasteiger partial charge in [0.2, 0.25) is 0 Å². The monoisotopic (exact) mass is 240 g/mol. The second-order valence-corrected chi connectivity index (χ2v) is 5.84. The van der Waals surface area contributed by atoms with E-state index in [1.165, 1.54) is 31.4 Å². The number of hydrogen-bond acceptors (Lipinski definition) is 2. The lowest BCUT2D eigenvalue weighted by molar-refractivity contribution is 0.286. The lowest BCUT2D eigenvalue weighted by Crippen LogP contribution is -2.52. The van der Waals surface area contributed by atoms with Gasteiger partial charge in [-0.3, -0.25) is 4.98 Å². The van der Waals surface area contributed by atoms with E-state index in [9.17, 15) is 0 Å². The molecule has 2 heterocycles. The molecule has 2 fully saturated rings. The van der Waals surface area contributed by atoms with Crippen molar-refractivity contribution in [3.8, 4) is 0 Å². The van der Waals surface area contributed by atoms with E-state index in [4.69, 9.17) is 0 Å². The smallest absolute Gasteiger partial charge is 0.200 e. The van der Waals surface area contributed by atoms with Gasteiger partial charge in [0.25, 0.3) is 0 Å². The number of hydrogen-bond donors (Lipinski definition) is 0. The van der Waals surface area contributed by atoms with Crippen molar-refractivity contribution in [3.05, 3.63) is 36.9 Å². The highest BCUT2D eigenvalue weighted by atomic mass is 15.4. The quantitative estimate of drug-likeness (QED) is 0.729. The van der Waals surface area contributed by atoms with E-state index in [1.807, 2.05) is 18.6 Å². The lowest BCUT2D eigenvalue weighted by atomic mass is 9.92. The Morgan fingerprint density at radius 2 is 2.00 bits per heavy atom. The molecule has 0 N–H and O–H groups in total. The third-order valence-electron chi connectivity index (χ3n) is 5.02. The summed E-state index contributed by atoms with van der Waals surface area (Å²) in [5, 5.41) is 0. The van der Waals surface area contributed by atoms with Crippen LogP contribution in [0.3, 0.4) is 0 Å². The van der Waals surface area contributed by atoms with Crippen LogP contribution in [0.25, 0.3) is 0 Å². The summed E-state index contributed by atoms with van der Waals surface area (Å²) in [5.41, 5.74) is 1.31. The minimum absolute atomic E-state index is 0.689. The Labute approximate surface area is 107 Å². The van der Waals surface area contributed by atoms with Crippen molar-refractivity contribution in [1.82, 2.24) is 9.47 Å². The van der Waals surface area contributed by atoms with Crippen LogP contribution in [0.15, 0.2) is 41.9 Å². The summed E-state index contributed by atoms with van der Waals surface area (Å²) in [6, 6.07) is 4.95. The molecule has 0 spiro atoms. The molecule has 18 heavy (non-hydrogen) atoms. The van der Waals surface area contributed by atoms with E-state index in [0.717, 1.165) is 16.3 Å². The van der Waals surface area contributed by atoms with Crippen LogP contribution in [0.2, 0.25) is 0 Å². The summed E-state index contributed by atoms with van der Waals surface area (Å²) >= 11 is 0. The van der Waals surface area contributed by atoms with Gasteiger partial charge in [0.05, 0.1) is 6.20 Å². The molecular formula is C15H18N3+.